The van der Waals surface area contributed by atoms with Gasteiger partial charge in [0.1, 0.15) is 0 Å². The topological polar surface area (TPSA) is 55.3 Å². The summed E-state index contributed by atoms with van der Waals surface area (Å²) in [7, 11) is 2.16. The molecule has 2 atom stereocenters. The molecule has 3 nitrogen and oxygen atoms in total. The van der Waals surface area contributed by atoms with Crippen LogP contribution in [-0.2, 0) is 13.0 Å². The standard InChI is InChI=1S/C13H19N3/c1-16-6-9-5-10(14)4-8-2-3-12(15)11(7-16)13(8)9/h4-5,11-12H,2-3,6-7,14-15H2,1H3. The number of anilines is 1. The molecule has 0 amide bonds. The number of likely N-dealkylation sites (N-methyl/N-ethyl adjacent to an activating group) is 1. The average molecular weight is 217 g/mol. The Hall–Kier alpha value is -1.06. The first-order valence-corrected chi connectivity index (χ1v) is 6.00. The second kappa shape index (κ2) is 3.47. The van der Waals surface area contributed by atoms with Gasteiger partial charge in [-0.3, -0.25) is 0 Å². The van der Waals surface area contributed by atoms with Crippen molar-refractivity contribution >= 4 is 5.69 Å². The van der Waals surface area contributed by atoms with Crippen molar-refractivity contribution in [1.29, 1.82) is 0 Å². The van der Waals surface area contributed by atoms with Crippen LogP contribution >= 0.6 is 0 Å². The zero-order valence-electron chi connectivity index (χ0n) is 9.74. The molecule has 0 fully saturated rings. The van der Waals surface area contributed by atoms with Gasteiger partial charge in [0.15, 0.2) is 0 Å². The minimum Gasteiger partial charge on any atom is -0.399 e. The van der Waals surface area contributed by atoms with Crippen LogP contribution in [0.3, 0.4) is 0 Å². The van der Waals surface area contributed by atoms with Crippen LogP contribution in [0.1, 0.15) is 29.0 Å². The molecule has 1 aromatic carbocycles. The average Bonchev–Trinajstić information content (AvgIpc) is 2.22. The summed E-state index contributed by atoms with van der Waals surface area (Å²) in [5.74, 6) is 0.512. The highest BCUT2D eigenvalue weighted by Crippen LogP contribution is 2.38. The summed E-state index contributed by atoms with van der Waals surface area (Å²) in [5.41, 5.74) is 17.4. The van der Waals surface area contributed by atoms with Gasteiger partial charge in [0.05, 0.1) is 0 Å². The SMILES string of the molecule is CN1Cc2cc(N)cc3c2C(C1)C(N)CC3. The van der Waals surface area contributed by atoms with Crippen LogP contribution in [0.15, 0.2) is 12.1 Å². The Balaban J connectivity index is 2.17. The number of nitrogens with two attached hydrogens (primary N) is 2. The van der Waals surface area contributed by atoms with E-state index in [1.807, 2.05) is 0 Å². The first kappa shape index (κ1) is 10.1. The number of rotatable bonds is 0. The number of nitrogen functional groups attached to an aromatic ring is 1. The Morgan fingerprint density at radius 2 is 2.06 bits per heavy atom. The molecule has 1 aliphatic heterocycles. The lowest BCUT2D eigenvalue weighted by Crippen LogP contribution is -2.43. The molecule has 1 aliphatic carbocycles. The molecule has 4 N–H and O–H groups in total. The molecule has 0 saturated heterocycles. The zero-order valence-corrected chi connectivity index (χ0v) is 9.74. The van der Waals surface area contributed by atoms with E-state index < -0.39 is 0 Å². The third kappa shape index (κ3) is 1.43. The van der Waals surface area contributed by atoms with Crippen molar-refractivity contribution in [2.75, 3.05) is 19.3 Å². The van der Waals surface area contributed by atoms with E-state index in [0.29, 0.717) is 12.0 Å². The van der Waals surface area contributed by atoms with E-state index in [9.17, 15) is 0 Å². The molecule has 0 bridgehead atoms. The molecule has 0 spiro atoms. The van der Waals surface area contributed by atoms with E-state index in [1.165, 1.54) is 16.7 Å². The van der Waals surface area contributed by atoms with Gasteiger partial charge in [-0.25, -0.2) is 0 Å². The summed E-state index contributed by atoms with van der Waals surface area (Å²) >= 11 is 0. The fourth-order valence-electron chi connectivity index (χ4n) is 3.27. The summed E-state index contributed by atoms with van der Waals surface area (Å²) in [6, 6.07) is 4.58. The number of hydrogen-bond acceptors (Lipinski definition) is 3. The first-order valence-electron chi connectivity index (χ1n) is 6.00. The molecule has 1 heterocycles. The first-order chi connectivity index (χ1) is 7.65. The minimum atomic E-state index is 0.317. The third-order valence-electron chi connectivity index (χ3n) is 3.96. The van der Waals surface area contributed by atoms with Gasteiger partial charge in [-0.2, -0.15) is 0 Å². The molecule has 2 unspecified atom stereocenters. The normalized spacial score (nSPS) is 28.9. The Kier molecular flexibility index (Phi) is 2.19. The van der Waals surface area contributed by atoms with Crippen molar-refractivity contribution in [3.8, 4) is 0 Å². The quantitative estimate of drug-likeness (QED) is 0.639. The highest BCUT2D eigenvalue weighted by atomic mass is 15.1. The van der Waals surface area contributed by atoms with Gasteiger partial charge in [0.2, 0.25) is 0 Å². The van der Waals surface area contributed by atoms with Crippen LogP contribution in [0.5, 0.6) is 0 Å². The van der Waals surface area contributed by atoms with E-state index in [1.54, 1.807) is 0 Å². The molecule has 16 heavy (non-hydrogen) atoms. The second-order valence-corrected chi connectivity index (χ2v) is 5.26. The van der Waals surface area contributed by atoms with Crippen molar-refractivity contribution < 1.29 is 0 Å². The van der Waals surface area contributed by atoms with Crippen molar-refractivity contribution in [2.24, 2.45) is 5.73 Å². The molecular formula is C13H19N3. The Bertz CT molecular complexity index is 427. The highest BCUT2D eigenvalue weighted by Gasteiger charge is 2.33. The fourth-order valence-corrected chi connectivity index (χ4v) is 3.27. The maximum absolute atomic E-state index is 6.25. The van der Waals surface area contributed by atoms with Crippen LogP contribution in [0.2, 0.25) is 0 Å². The minimum absolute atomic E-state index is 0.317. The Morgan fingerprint density at radius 1 is 1.31 bits per heavy atom. The largest absolute Gasteiger partial charge is 0.399 e. The molecule has 3 heteroatoms. The van der Waals surface area contributed by atoms with Crippen molar-refractivity contribution in [1.82, 2.24) is 4.90 Å². The number of aryl methyl sites for hydroxylation is 1. The summed E-state index contributed by atoms with van der Waals surface area (Å²) in [6.45, 7) is 2.10. The number of benzene rings is 1. The molecule has 86 valence electrons. The van der Waals surface area contributed by atoms with E-state index in [0.717, 1.165) is 31.6 Å². The molecule has 2 aliphatic rings. The second-order valence-electron chi connectivity index (χ2n) is 5.26. The highest BCUT2D eigenvalue weighted by molar-refractivity contribution is 5.53. The van der Waals surface area contributed by atoms with Crippen LogP contribution in [0.4, 0.5) is 5.69 Å². The van der Waals surface area contributed by atoms with E-state index >= 15 is 0 Å². The maximum atomic E-state index is 6.25. The van der Waals surface area contributed by atoms with Crippen LogP contribution in [0.25, 0.3) is 0 Å². The Labute approximate surface area is 96.4 Å². The monoisotopic (exact) mass is 217 g/mol. The van der Waals surface area contributed by atoms with Gasteiger partial charge in [-0.15, -0.1) is 0 Å². The van der Waals surface area contributed by atoms with Gasteiger partial charge >= 0.3 is 0 Å². The van der Waals surface area contributed by atoms with Crippen molar-refractivity contribution in [3.63, 3.8) is 0 Å². The van der Waals surface area contributed by atoms with Crippen LogP contribution < -0.4 is 11.5 Å². The van der Waals surface area contributed by atoms with Gasteiger partial charge in [-0.05, 0) is 48.7 Å². The lowest BCUT2D eigenvalue weighted by atomic mass is 9.75. The molecular weight excluding hydrogens is 198 g/mol. The fraction of sp³-hybridized carbons (Fsp3) is 0.538. The van der Waals surface area contributed by atoms with E-state index in [-0.39, 0.29) is 0 Å². The van der Waals surface area contributed by atoms with Crippen molar-refractivity contribution in [3.05, 3.63) is 28.8 Å². The molecule has 1 aromatic rings. The van der Waals surface area contributed by atoms with Crippen molar-refractivity contribution in [2.45, 2.75) is 31.3 Å². The van der Waals surface area contributed by atoms with Crippen LogP contribution in [0, 0.1) is 0 Å². The molecule has 0 aromatic heterocycles. The number of nitrogens with zero attached hydrogens (tertiary/aromatic N) is 1. The van der Waals surface area contributed by atoms with E-state index in [2.05, 4.69) is 24.1 Å². The summed E-state index contributed by atoms with van der Waals surface area (Å²) in [4.78, 5) is 2.35. The van der Waals surface area contributed by atoms with Gasteiger partial charge < -0.3 is 16.4 Å². The van der Waals surface area contributed by atoms with Gasteiger partial charge in [0, 0.05) is 30.7 Å². The Morgan fingerprint density at radius 3 is 2.88 bits per heavy atom. The smallest absolute Gasteiger partial charge is 0.0320 e. The van der Waals surface area contributed by atoms with Gasteiger partial charge in [0.25, 0.3) is 0 Å². The summed E-state index contributed by atoms with van der Waals surface area (Å²) in [5, 5.41) is 0. The predicted octanol–water partition coefficient (Wildman–Crippen LogP) is 1.07. The maximum Gasteiger partial charge on any atom is 0.0320 e. The van der Waals surface area contributed by atoms with Crippen LogP contribution in [-0.4, -0.2) is 24.5 Å². The molecule has 0 saturated carbocycles. The molecule has 0 radical (unpaired) electrons. The summed E-state index contributed by atoms with van der Waals surface area (Å²) < 4.78 is 0. The summed E-state index contributed by atoms with van der Waals surface area (Å²) in [6.07, 6.45) is 2.18. The predicted molar refractivity (Wildman–Crippen MR) is 66.2 cm³/mol. The zero-order chi connectivity index (χ0) is 11.3. The number of hydrogen-bond donors (Lipinski definition) is 2. The van der Waals surface area contributed by atoms with E-state index in [4.69, 9.17) is 11.5 Å². The lowest BCUT2D eigenvalue weighted by Gasteiger charge is -2.40. The van der Waals surface area contributed by atoms with Gasteiger partial charge in [-0.1, -0.05) is 0 Å². The molecule has 3 rings (SSSR count). The lowest BCUT2D eigenvalue weighted by molar-refractivity contribution is 0.252. The third-order valence-corrected chi connectivity index (χ3v) is 3.96.